The molecule has 0 saturated carbocycles. The van der Waals surface area contributed by atoms with Crippen molar-refractivity contribution >= 4 is 29.6 Å². The third-order valence-corrected chi connectivity index (χ3v) is 5.28. The van der Waals surface area contributed by atoms with Crippen molar-refractivity contribution < 1.29 is 38.9 Å². The maximum atomic E-state index is 13.0. The Morgan fingerprint density at radius 3 is 1.94 bits per heavy atom. The number of carboxylic acids is 2. The Hall–Kier alpha value is -5.11. The number of methoxy groups -OCH3 is 2. The molecule has 0 amide bonds. The first-order valence-electron chi connectivity index (χ1n) is 9.93. The van der Waals surface area contributed by atoms with Crippen LogP contribution in [0.25, 0.3) is 0 Å². The van der Waals surface area contributed by atoms with Gasteiger partial charge in [0.1, 0.15) is 11.5 Å². The lowest BCUT2D eigenvalue weighted by Gasteiger charge is -2.36. The number of esters is 2. The van der Waals surface area contributed by atoms with E-state index in [9.17, 15) is 34.7 Å². The Kier molecular flexibility index (Phi) is 6.87. The molecule has 3 rings (SSSR count). The van der Waals surface area contributed by atoms with Crippen LogP contribution in [-0.2, 0) is 19.1 Å². The highest BCUT2D eigenvalue weighted by molar-refractivity contribution is 6.07. The second-order valence-electron chi connectivity index (χ2n) is 7.21. The first-order valence-corrected chi connectivity index (χ1v) is 9.93. The monoisotopic (exact) mass is 477 g/mol. The van der Waals surface area contributed by atoms with Crippen LogP contribution in [0.4, 0.5) is 5.69 Å². The van der Waals surface area contributed by atoms with Gasteiger partial charge in [-0.3, -0.25) is 4.90 Å². The molecule has 0 radical (unpaired) electrons. The molecular formula is C24H19N3O8. The molecule has 0 fully saturated rings. The third-order valence-electron chi connectivity index (χ3n) is 5.28. The summed E-state index contributed by atoms with van der Waals surface area (Å²) in [5.74, 6) is -6.38. The zero-order valence-corrected chi connectivity index (χ0v) is 18.5. The molecule has 11 nitrogen and oxygen atoms in total. The number of nitrogens with two attached hydrogens (primary N) is 1. The summed E-state index contributed by atoms with van der Waals surface area (Å²) in [6.45, 7) is 0. The van der Waals surface area contributed by atoms with Crippen LogP contribution >= 0.6 is 0 Å². The fourth-order valence-electron chi connectivity index (χ4n) is 3.77. The van der Waals surface area contributed by atoms with Crippen molar-refractivity contribution in [2.75, 3.05) is 19.1 Å². The molecule has 35 heavy (non-hydrogen) atoms. The summed E-state index contributed by atoms with van der Waals surface area (Å²) in [4.78, 5) is 50.3. The smallest absolute Gasteiger partial charge is 0.355 e. The van der Waals surface area contributed by atoms with E-state index in [2.05, 4.69) is 0 Å². The van der Waals surface area contributed by atoms with Crippen LogP contribution in [0, 0.1) is 11.3 Å². The summed E-state index contributed by atoms with van der Waals surface area (Å²) < 4.78 is 9.79. The topological polar surface area (TPSA) is 180 Å². The summed E-state index contributed by atoms with van der Waals surface area (Å²) in [6, 6.07) is 13.3. The number of anilines is 1. The number of allylic oxidation sites excluding steroid dienone is 1. The zero-order valence-electron chi connectivity index (χ0n) is 18.5. The maximum absolute atomic E-state index is 13.0. The Morgan fingerprint density at radius 1 is 0.943 bits per heavy atom. The number of hydrogen-bond acceptors (Lipinski definition) is 9. The van der Waals surface area contributed by atoms with Gasteiger partial charge in [0.05, 0.1) is 48.5 Å². The van der Waals surface area contributed by atoms with Crippen molar-refractivity contribution in [3.8, 4) is 6.07 Å². The van der Waals surface area contributed by atoms with Crippen molar-refractivity contribution in [3.63, 3.8) is 0 Å². The number of nitrogens with zero attached hydrogens (tertiary/aromatic N) is 2. The van der Waals surface area contributed by atoms with E-state index in [4.69, 9.17) is 15.2 Å². The van der Waals surface area contributed by atoms with Crippen molar-refractivity contribution in [3.05, 3.63) is 87.9 Å². The second-order valence-corrected chi connectivity index (χ2v) is 7.21. The summed E-state index contributed by atoms with van der Waals surface area (Å²) >= 11 is 0. The lowest BCUT2D eigenvalue weighted by atomic mass is 9.81. The van der Waals surface area contributed by atoms with Crippen molar-refractivity contribution in [2.45, 2.75) is 5.92 Å². The summed E-state index contributed by atoms with van der Waals surface area (Å²) in [5, 5.41) is 29.0. The Labute approximate surface area is 198 Å². The predicted molar refractivity (Wildman–Crippen MR) is 120 cm³/mol. The number of carbonyl (C=O) groups is 4. The van der Waals surface area contributed by atoms with Crippen LogP contribution in [0.15, 0.2) is 71.2 Å². The third kappa shape index (κ3) is 4.40. The number of nitriles is 1. The van der Waals surface area contributed by atoms with Crippen LogP contribution in [-0.4, -0.2) is 48.3 Å². The molecule has 1 atom stereocenters. The molecule has 0 bridgehead atoms. The molecule has 0 saturated heterocycles. The molecule has 2 aromatic carbocycles. The quantitative estimate of drug-likeness (QED) is 0.518. The number of benzene rings is 2. The molecule has 11 heteroatoms. The molecule has 2 aromatic rings. The van der Waals surface area contributed by atoms with Gasteiger partial charge in [-0.05, 0) is 23.8 Å². The fourth-order valence-corrected chi connectivity index (χ4v) is 3.77. The van der Waals surface area contributed by atoms with E-state index in [1.54, 1.807) is 30.3 Å². The van der Waals surface area contributed by atoms with Gasteiger partial charge in [-0.15, -0.1) is 0 Å². The molecule has 1 unspecified atom stereocenters. The van der Waals surface area contributed by atoms with Crippen LogP contribution < -0.4 is 10.6 Å². The lowest BCUT2D eigenvalue weighted by Crippen LogP contribution is -2.41. The van der Waals surface area contributed by atoms with E-state index in [1.807, 2.05) is 6.07 Å². The number of aromatic carboxylic acids is 2. The lowest BCUT2D eigenvalue weighted by molar-refractivity contribution is -0.139. The minimum atomic E-state index is -1.45. The maximum Gasteiger partial charge on any atom is 0.355 e. The van der Waals surface area contributed by atoms with Crippen molar-refractivity contribution in [1.82, 2.24) is 0 Å². The van der Waals surface area contributed by atoms with Crippen LogP contribution in [0.5, 0.6) is 0 Å². The van der Waals surface area contributed by atoms with E-state index < -0.39 is 46.6 Å². The molecule has 178 valence electrons. The average Bonchev–Trinajstić information content (AvgIpc) is 2.86. The van der Waals surface area contributed by atoms with Gasteiger partial charge >= 0.3 is 23.9 Å². The predicted octanol–water partition coefficient (Wildman–Crippen LogP) is 1.98. The SMILES string of the molecule is COC(=O)C1=C(C(=O)OC)N(c2cc(C(=O)O)cc(C(=O)O)c2)C(N)=C(C#N)C1c1ccccc1. The second kappa shape index (κ2) is 9.80. The van der Waals surface area contributed by atoms with Gasteiger partial charge in [-0.1, -0.05) is 30.3 Å². The molecular weight excluding hydrogens is 458 g/mol. The minimum Gasteiger partial charge on any atom is -0.478 e. The van der Waals surface area contributed by atoms with Gasteiger partial charge in [-0.25, -0.2) is 19.2 Å². The zero-order chi connectivity index (χ0) is 25.9. The first-order chi connectivity index (χ1) is 16.7. The Bertz CT molecular complexity index is 1310. The van der Waals surface area contributed by atoms with E-state index >= 15 is 0 Å². The Balaban J connectivity index is 2.47. The highest BCUT2D eigenvalue weighted by Gasteiger charge is 2.43. The van der Waals surface area contributed by atoms with Gasteiger partial charge in [0.15, 0.2) is 0 Å². The van der Waals surface area contributed by atoms with E-state index in [0.717, 1.165) is 37.3 Å². The highest BCUT2D eigenvalue weighted by Crippen LogP contribution is 2.43. The van der Waals surface area contributed by atoms with Gasteiger partial charge in [0.2, 0.25) is 0 Å². The molecule has 1 aliphatic rings. The van der Waals surface area contributed by atoms with Gasteiger partial charge in [0.25, 0.3) is 0 Å². The number of ether oxygens (including phenoxy) is 2. The standard InChI is InChI=1S/C24H19N3O8/c1-34-23(32)18-17(12-6-4-3-5-7-12)16(11-25)20(26)27(19(18)24(33)35-2)15-9-13(21(28)29)8-14(10-15)22(30)31/h3-10,17H,26H2,1-2H3,(H,28,29)(H,30,31). The molecule has 4 N–H and O–H groups in total. The molecule has 0 aliphatic carbocycles. The Morgan fingerprint density at radius 2 is 1.49 bits per heavy atom. The summed E-state index contributed by atoms with van der Waals surface area (Å²) in [6.07, 6.45) is 0. The van der Waals surface area contributed by atoms with Crippen molar-refractivity contribution in [1.29, 1.82) is 5.26 Å². The van der Waals surface area contributed by atoms with E-state index in [-0.39, 0.29) is 22.7 Å². The van der Waals surface area contributed by atoms with Crippen LogP contribution in [0.2, 0.25) is 0 Å². The van der Waals surface area contributed by atoms with E-state index in [0.29, 0.717) is 5.56 Å². The molecule has 0 aromatic heterocycles. The fraction of sp³-hybridized carbons (Fsp3) is 0.125. The largest absolute Gasteiger partial charge is 0.478 e. The normalized spacial score (nSPS) is 15.3. The molecule has 1 aliphatic heterocycles. The van der Waals surface area contributed by atoms with E-state index in [1.165, 1.54) is 0 Å². The van der Waals surface area contributed by atoms with Crippen LogP contribution in [0.1, 0.15) is 32.2 Å². The summed E-state index contributed by atoms with van der Waals surface area (Å²) in [5.41, 5.74) is 4.81. The van der Waals surface area contributed by atoms with Crippen molar-refractivity contribution in [2.24, 2.45) is 5.73 Å². The van der Waals surface area contributed by atoms with Gasteiger partial charge in [0, 0.05) is 5.69 Å². The first kappa shape index (κ1) is 24.5. The highest BCUT2D eigenvalue weighted by atomic mass is 16.5. The number of carbonyl (C=O) groups excluding carboxylic acids is 2. The average molecular weight is 477 g/mol. The number of carboxylic acid groups (broad SMARTS) is 2. The number of hydrogen-bond donors (Lipinski definition) is 3. The molecule has 0 spiro atoms. The van der Waals surface area contributed by atoms with Gasteiger partial charge < -0.3 is 25.4 Å². The summed E-state index contributed by atoms with van der Waals surface area (Å²) in [7, 11) is 2.13. The van der Waals surface area contributed by atoms with Crippen LogP contribution in [0.3, 0.4) is 0 Å². The molecule has 1 heterocycles. The minimum absolute atomic E-state index is 0.151. The number of rotatable bonds is 6. The van der Waals surface area contributed by atoms with Gasteiger partial charge in [-0.2, -0.15) is 5.26 Å².